The van der Waals surface area contributed by atoms with E-state index in [1.54, 1.807) is 24.3 Å². The normalized spacial score (nSPS) is 11.9. The maximum Gasteiger partial charge on any atom is 0.325 e. The van der Waals surface area contributed by atoms with Gasteiger partial charge in [0.2, 0.25) is 0 Å². The topological polar surface area (TPSA) is 66.4 Å². The standard InChI is InChI=1S/C12H15NO3S/c1-8(12(15)16)13-10-5-3-2-4-9(10)11(14)6-7-17/h2-5,8,13,17H,6-7H2,1H3,(H,15,16). The number of hydrogen-bond acceptors (Lipinski definition) is 4. The fraction of sp³-hybridized carbons (Fsp3) is 0.333. The average Bonchev–Trinajstić information content (AvgIpc) is 2.29. The summed E-state index contributed by atoms with van der Waals surface area (Å²) in [4.78, 5) is 22.5. The van der Waals surface area contributed by atoms with Gasteiger partial charge in [0.15, 0.2) is 5.78 Å². The van der Waals surface area contributed by atoms with E-state index in [1.165, 1.54) is 6.92 Å². The molecule has 0 fully saturated rings. The molecule has 0 aromatic heterocycles. The molecule has 92 valence electrons. The first-order chi connectivity index (χ1) is 8.06. The Morgan fingerprint density at radius 1 is 1.41 bits per heavy atom. The fourth-order valence-electron chi connectivity index (χ4n) is 1.38. The van der Waals surface area contributed by atoms with Gasteiger partial charge >= 0.3 is 5.97 Å². The second-order valence-electron chi connectivity index (χ2n) is 3.65. The third-order valence-corrected chi connectivity index (χ3v) is 2.53. The number of carboxylic acid groups (broad SMARTS) is 1. The van der Waals surface area contributed by atoms with Gasteiger partial charge in [-0.2, -0.15) is 12.6 Å². The monoisotopic (exact) mass is 253 g/mol. The van der Waals surface area contributed by atoms with Crippen LogP contribution in [0, 0.1) is 0 Å². The molecule has 4 nitrogen and oxygen atoms in total. The molecule has 0 aliphatic rings. The fourth-order valence-corrected chi connectivity index (χ4v) is 1.59. The van der Waals surface area contributed by atoms with Crippen molar-refractivity contribution in [2.45, 2.75) is 19.4 Å². The number of carboxylic acids is 1. The zero-order valence-corrected chi connectivity index (χ0v) is 10.4. The van der Waals surface area contributed by atoms with Gasteiger partial charge in [-0.15, -0.1) is 0 Å². The zero-order chi connectivity index (χ0) is 12.8. The number of aliphatic carboxylic acids is 1. The molecule has 17 heavy (non-hydrogen) atoms. The highest BCUT2D eigenvalue weighted by molar-refractivity contribution is 7.80. The number of hydrogen-bond donors (Lipinski definition) is 3. The first kappa shape index (κ1) is 13.6. The van der Waals surface area contributed by atoms with Crippen molar-refractivity contribution in [3.8, 4) is 0 Å². The predicted molar refractivity (Wildman–Crippen MR) is 70.0 cm³/mol. The Morgan fingerprint density at radius 3 is 2.65 bits per heavy atom. The van der Waals surface area contributed by atoms with E-state index < -0.39 is 12.0 Å². The summed E-state index contributed by atoms with van der Waals surface area (Å²) in [6.07, 6.45) is 0.337. The third kappa shape index (κ3) is 3.78. The Labute approximate surface area is 105 Å². The highest BCUT2D eigenvalue weighted by Gasteiger charge is 2.15. The van der Waals surface area contributed by atoms with Crippen LogP contribution in [0.25, 0.3) is 0 Å². The molecule has 0 radical (unpaired) electrons. The largest absolute Gasteiger partial charge is 0.480 e. The van der Waals surface area contributed by atoms with Crippen LogP contribution in [0.3, 0.4) is 0 Å². The summed E-state index contributed by atoms with van der Waals surface area (Å²) in [5.41, 5.74) is 1.06. The van der Waals surface area contributed by atoms with Crippen LogP contribution in [0.4, 0.5) is 5.69 Å². The second-order valence-corrected chi connectivity index (χ2v) is 4.09. The van der Waals surface area contributed by atoms with Gasteiger partial charge in [0.05, 0.1) is 0 Å². The average molecular weight is 253 g/mol. The van der Waals surface area contributed by atoms with Crippen molar-refractivity contribution in [1.29, 1.82) is 0 Å². The van der Waals surface area contributed by atoms with E-state index in [9.17, 15) is 9.59 Å². The Kier molecular flexibility index (Phi) is 5.03. The van der Waals surface area contributed by atoms with Crippen molar-refractivity contribution in [3.05, 3.63) is 29.8 Å². The third-order valence-electron chi connectivity index (χ3n) is 2.31. The highest BCUT2D eigenvalue weighted by Crippen LogP contribution is 2.18. The molecule has 0 aliphatic heterocycles. The SMILES string of the molecule is CC(Nc1ccccc1C(=O)CCS)C(=O)O. The second kappa shape index (κ2) is 6.30. The summed E-state index contributed by atoms with van der Waals surface area (Å²) in [5.74, 6) is -0.524. The number of nitrogens with one attached hydrogen (secondary N) is 1. The van der Waals surface area contributed by atoms with Gasteiger partial charge in [0.25, 0.3) is 0 Å². The number of carbonyl (C=O) groups is 2. The minimum Gasteiger partial charge on any atom is -0.480 e. The van der Waals surface area contributed by atoms with E-state index >= 15 is 0 Å². The van der Waals surface area contributed by atoms with E-state index in [2.05, 4.69) is 17.9 Å². The number of carbonyl (C=O) groups excluding carboxylic acids is 1. The summed E-state index contributed by atoms with van der Waals surface area (Å²) in [5, 5.41) is 11.6. The van der Waals surface area contributed by atoms with Crippen LogP contribution in [-0.4, -0.2) is 28.7 Å². The van der Waals surface area contributed by atoms with Gasteiger partial charge in [-0.05, 0) is 24.8 Å². The van der Waals surface area contributed by atoms with Crippen molar-refractivity contribution in [1.82, 2.24) is 0 Å². The summed E-state index contributed by atoms with van der Waals surface area (Å²) in [6, 6.07) is 6.16. The van der Waals surface area contributed by atoms with Crippen LogP contribution < -0.4 is 5.32 Å². The highest BCUT2D eigenvalue weighted by atomic mass is 32.1. The van der Waals surface area contributed by atoms with Crippen molar-refractivity contribution in [3.63, 3.8) is 0 Å². The maximum atomic E-state index is 11.8. The molecule has 1 aromatic carbocycles. The van der Waals surface area contributed by atoms with Crippen LogP contribution >= 0.6 is 12.6 Å². The Bertz CT molecular complexity index is 420. The van der Waals surface area contributed by atoms with E-state index in [-0.39, 0.29) is 5.78 Å². The van der Waals surface area contributed by atoms with Gasteiger partial charge in [-0.1, -0.05) is 12.1 Å². The maximum absolute atomic E-state index is 11.8. The van der Waals surface area contributed by atoms with Gasteiger partial charge < -0.3 is 10.4 Å². The zero-order valence-electron chi connectivity index (χ0n) is 9.51. The van der Waals surface area contributed by atoms with Crippen LogP contribution in [0.2, 0.25) is 0 Å². The lowest BCUT2D eigenvalue weighted by Gasteiger charge is -2.14. The molecule has 0 aliphatic carbocycles. The molecule has 0 saturated heterocycles. The molecule has 1 aromatic rings. The molecule has 1 rings (SSSR count). The molecule has 2 N–H and O–H groups in total. The number of benzene rings is 1. The van der Waals surface area contributed by atoms with Gasteiger partial charge in [-0.3, -0.25) is 9.59 Å². The summed E-state index contributed by atoms with van der Waals surface area (Å²) in [7, 11) is 0. The molecule has 1 unspecified atom stereocenters. The van der Waals surface area contributed by atoms with E-state index in [0.717, 1.165) is 0 Å². The molecular formula is C12H15NO3S. The van der Waals surface area contributed by atoms with Crippen LogP contribution in [0.1, 0.15) is 23.7 Å². The van der Waals surface area contributed by atoms with Crippen LogP contribution in [0.5, 0.6) is 0 Å². The number of ketones is 1. The van der Waals surface area contributed by atoms with E-state index in [1.807, 2.05) is 0 Å². The number of Topliss-reactive ketones (excluding diaryl/α,β-unsaturated/α-hetero) is 1. The number of thiol groups is 1. The van der Waals surface area contributed by atoms with Gasteiger partial charge in [0.1, 0.15) is 6.04 Å². The minimum absolute atomic E-state index is 0.0410. The lowest BCUT2D eigenvalue weighted by Crippen LogP contribution is -2.26. The Hall–Kier alpha value is -1.49. The Morgan fingerprint density at radius 2 is 2.06 bits per heavy atom. The van der Waals surface area contributed by atoms with Crippen molar-refractivity contribution in [2.75, 3.05) is 11.1 Å². The molecule has 0 saturated carbocycles. The molecule has 0 heterocycles. The lowest BCUT2D eigenvalue weighted by molar-refractivity contribution is -0.137. The summed E-state index contributed by atoms with van der Waals surface area (Å²) < 4.78 is 0. The molecule has 0 amide bonds. The quantitative estimate of drug-likeness (QED) is 0.536. The van der Waals surface area contributed by atoms with Gasteiger partial charge in [-0.25, -0.2) is 0 Å². The molecular weight excluding hydrogens is 238 g/mol. The smallest absolute Gasteiger partial charge is 0.325 e. The number of rotatable bonds is 6. The van der Waals surface area contributed by atoms with Crippen molar-refractivity contribution >= 4 is 30.1 Å². The first-order valence-electron chi connectivity index (χ1n) is 5.28. The van der Waals surface area contributed by atoms with E-state index in [0.29, 0.717) is 23.4 Å². The Balaban J connectivity index is 2.91. The summed E-state index contributed by atoms with van der Waals surface area (Å²) >= 11 is 4.01. The van der Waals surface area contributed by atoms with E-state index in [4.69, 9.17) is 5.11 Å². The van der Waals surface area contributed by atoms with Gasteiger partial charge in [0, 0.05) is 17.7 Å². The van der Waals surface area contributed by atoms with Crippen molar-refractivity contribution < 1.29 is 14.7 Å². The first-order valence-corrected chi connectivity index (χ1v) is 5.92. The molecule has 5 heteroatoms. The lowest BCUT2D eigenvalue weighted by atomic mass is 10.1. The minimum atomic E-state index is -0.957. The predicted octanol–water partition coefficient (Wildman–Crippen LogP) is 2.07. The summed E-state index contributed by atoms with van der Waals surface area (Å²) in [6.45, 7) is 1.53. The molecule has 1 atom stereocenters. The molecule has 0 spiro atoms. The molecule has 0 bridgehead atoms. The van der Waals surface area contributed by atoms with Crippen LogP contribution in [0.15, 0.2) is 24.3 Å². The van der Waals surface area contributed by atoms with Crippen LogP contribution in [-0.2, 0) is 4.79 Å². The number of para-hydroxylation sites is 1. The number of anilines is 1. The van der Waals surface area contributed by atoms with Crippen molar-refractivity contribution in [2.24, 2.45) is 0 Å².